The molecule has 0 aliphatic heterocycles. The van der Waals surface area contributed by atoms with Gasteiger partial charge >= 0.3 is 0 Å². The highest BCUT2D eigenvalue weighted by Gasteiger charge is 1.98. The summed E-state index contributed by atoms with van der Waals surface area (Å²) in [7, 11) is 1.91. The fraction of sp³-hybridized carbons (Fsp3) is 0.235. The van der Waals surface area contributed by atoms with Gasteiger partial charge in [-0.3, -0.25) is 0 Å². The van der Waals surface area contributed by atoms with E-state index in [0.717, 1.165) is 22.0 Å². The molecule has 2 rings (SSSR count). The third-order valence-electron chi connectivity index (χ3n) is 2.59. The highest BCUT2D eigenvalue weighted by Crippen LogP contribution is 2.22. The summed E-state index contributed by atoms with van der Waals surface area (Å²) in [4.78, 5) is 4.62. The number of anilines is 1. The van der Waals surface area contributed by atoms with Crippen LogP contribution in [0, 0.1) is 6.92 Å². The van der Waals surface area contributed by atoms with Gasteiger partial charge < -0.3 is 5.32 Å². The number of aryl methyl sites for hydroxylation is 1. The Morgan fingerprint density at radius 1 is 1.00 bits per heavy atom. The molecule has 112 valence electrons. The zero-order chi connectivity index (χ0) is 15.7. The molecule has 1 N–H and O–H groups in total. The summed E-state index contributed by atoms with van der Waals surface area (Å²) in [6.45, 7) is 5.97. The molecule has 0 aliphatic carbocycles. The van der Waals surface area contributed by atoms with E-state index in [1.165, 1.54) is 0 Å². The van der Waals surface area contributed by atoms with Crippen LogP contribution in [0.1, 0.15) is 19.5 Å². The van der Waals surface area contributed by atoms with Gasteiger partial charge in [-0.05, 0) is 54.8 Å². The Labute approximate surface area is 136 Å². The number of rotatable bonds is 2. The summed E-state index contributed by atoms with van der Waals surface area (Å²) in [6.07, 6.45) is 0. The quantitative estimate of drug-likeness (QED) is 0.738. The van der Waals surface area contributed by atoms with E-state index >= 15 is 0 Å². The smallest absolute Gasteiger partial charge is 0.123 e. The first kappa shape index (κ1) is 17.5. The summed E-state index contributed by atoms with van der Waals surface area (Å²) >= 11 is 7.59. The third-order valence-corrected chi connectivity index (χ3v) is 3.66. The third kappa shape index (κ3) is 5.74. The molecule has 0 saturated carbocycles. The SMILES string of the molecule is CC.CNc1ccc(-c2nc(C)ccc(Cl)ccs2)cc1. The molecule has 0 unspecified atom stereocenters. The Kier molecular flexibility index (Phi) is 7.80. The molecular weight excluding hydrogens is 300 g/mol. The van der Waals surface area contributed by atoms with Gasteiger partial charge in [-0.1, -0.05) is 25.4 Å². The molecule has 2 aromatic rings. The van der Waals surface area contributed by atoms with E-state index in [2.05, 4.69) is 22.4 Å². The molecule has 0 saturated heterocycles. The van der Waals surface area contributed by atoms with E-state index < -0.39 is 0 Å². The van der Waals surface area contributed by atoms with Gasteiger partial charge in [0, 0.05) is 29.0 Å². The molecule has 0 aliphatic rings. The second-order valence-electron chi connectivity index (χ2n) is 4.02. The van der Waals surface area contributed by atoms with Crippen molar-refractivity contribution in [2.75, 3.05) is 12.4 Å². The van der Waals surface area contributed by atoms with Crippen molar-refractivity contribution in [3.63, 3.8) is 0 Å². The molecule has 0 spiro atoms. The van der Waals surface area contributed by atoms with E-state index in [4.69, 9.17) is 11.6 Å². The molecule has 0 fully saturated rings. The zero-order valence-corrected chi connectivity index (χ0v) is 14.4. The van der Waals surface area contributed by atoms with Crippen LogP contribution in [0.5, 0.6) is 0 Å². The first-order chi connectivity index (χ1) is 10.2. The summed E-state index contributed by atoms with van der Waals surface area (Å²) in [5.74, 6) is 0. The largest absolute Gasteiger partial charge is 0.388 e. The Hall–Kier alpha value is -1.58. The lowest BCUT2D eigenvalue weighted by Gasteiger charge is -2.01. The Morgan fingerprint density at radius 2 is 1.67 bits per heavy atom. The first-order valence-corrected chi connectivity index (χ1v) is 8.19. The highest BCUT2D eigenvalue weighted by molar-refractivity contribution is 7.12. The molecule has 21 heavy (non-hydrogen) atoms. The number of nitrogens with one attached hydrogen (secondary N) is 1. The molecule has 4 heteroatoms. The molecule has 2 nitrogen and oxygen atoms in total. The van der Waals surface area contributed by atoms with Crippen molar-refractivity contribution in [1.29, 1.82) is 0 Å². The van der Waals surface area contributed by atoms with Crippen molar-refractivity contribution < 1.29 is 0 Å². The maximum atomic E-state index is 6.02. The number of nitrogens with zero attached hydrogens (tertiary/aromatic N) is 1. The fourth-order valence-electron chi connectivity index (χ4n) is 1.56. The lowest BCUT2D eigenvalue weighted by Crippen LogP contribution is -1.87. The second kappa shape index (κ2) is 9.37. The number of hydrogen-bond acceptors (Lipinski definition) is 3. The van der Waals surface area contributed by atoms with Crippen LogP contribution in [-0.4, -0.2) is 12.0 Å². The number of aromatic nitrogens is 1. The van der Waals surface area contributed by atoms with Crippen LogP contribution < -0.4 is 5.32 Å². The van der Waals surface area contributed by atoms with Crippen LogP contribution in [-0.2, 0) is 0 Å². The molecule has 0 amide bonds. The fourth-order valence-corrected chi connectivity index (χ4v) is 2.57. The van der Waals surface area contributed by atoms with E-state index in [9.17, 15) is 0 Å². The average Bonchev–Trinajstić information content (AvgIpc) is 2.61. The topological polar surface area (TPSA) is 24.9 Å². The van der Waals surface area contributed by atoms with Crippen molar-refractivity contribution >= 4 is 28.6 Å². The predicted molar refractivity (Wildman–Crippen MR) is 95.8 cm³/mol. The molecular formula is C17H21ClN2S. The second-order valence-corrected chi connectivity index (χ2v) is 5.36. The van der Waals surface area contributed by atoms with Gasteiger partial charge in [0.15, 0.2) is 0 Å². The van der Waals surface area contributed by atoms with Gasteiger partial charge in [-0.25, -0.2) is 4.98 Å². The molecule has 1 aromatic heterocycles. The van der Waals surface area contributed by atoms with Crippen LogP contribution in [0.15, 0.2) is 47.8 Å². The van der Waals surface area contributed by atoms with Gasteiger partial charge in [-0.2, -0.15) is 0 Å². The summed E-state index contributed by atoms with van der Waals surface area (Å²) in [6, 6.07) is 13.8. The molecule has 1 aromatic carbocycles. The number of hydrogen-bond donors (Lipinski definition) is 1. The lowest BCUT2D eigenvalue weighted by molar-refractivity contribution is 1.24. The Morgan fingerprint density at radius 3 is 2.29 bits per heavy atom. The van der Waals surface area contributed by atoms with Gasteiger partial charge in [0.1, 0.15) is 5.01 Å². The standard InChI is InChI=1S/C15H15ClN2S.C2H6/c1-11-3-6-13(16)9-10-19-15(18-11)12-4-7-14(17-2)8-5-12;1-2/h3-10,17H,1-2H3;1-2H3. The van der Waals surface area contributed by atoms with E-state index in [0.29, 0.717) is 5.02 Å². The lowest BCUT2D eigenvalue weighted by atomic mass is 10.2. The van der Waals surface area contributed by atoms with Crippen LogP contribution in [0.2, 0.25) is 5.02 Å². The summed E-state index contributed by atoms with van der Waals surface area (Å²) in [5, 5.41) is 6.73. The van der Waals surface area contributed by atoms with Gasteiger partial charge in [-0.15, -0.1) is 11.3 Å². The van der Waals surface area contributed by atoms with Crippen LogP contribution in [0.4, 0.5) is 5.69 Å². The normalized spacial score (nSPS) is 9.19. The van der Waals surface area contributed by atoms with Gasteiger partial charge in [0.2, 0.25) is 0 Å². The van der Waals surface area contributed by atoms with Gasteiger partial charge in [0.05, 0.1) is 0 Å². The maximum Gasteiger partial charge on any atom is 0.123 e. The molecule has 0 atom stereocenters. The predicted octanol–water partition coefficient (Wildman–Crippen LogP) is 5.96. The van der Waals surface area contributed by atoms with Crippen molar-refractivity contribution in [3.05, 3.63) is 58.6 Å². The monoisotopic (exact) mass is 320 g/mol. The van der Waals surface area contributed by atoms with Crippen molar-refractivity contribution in [1.82, 2.24) is 4.98 Å². The maximum absolute atomic E-state index is 6.02. The number of benzene rings is 1. The van der Waals surface area contributed by atoms with E-state index in [1.54, 1.807) is 11.3 Å². The Bertz CT molecular complexity index is 605. The van der Waals surface area contributed by atoms with Crippen LogP contribution >= 0.6 is 22.9 Å². The van der Waals surface area contributed by atoms with E-state index in [-0.39, 0.29) is 0 Å². The minimum Gasteiger partial charge on any atom is -0.388 e. The first-order valence-electron chi connectivity index (χ1n) is 6.93. The molecule has 0 radical (unpaired) electrons. The van der Waals surface area contributed by atoms with Gasteiger partial charge in [0.25, 0.3) is 0 Å². The van der Waals surface area contributed by atoms with Crippen molar-refractivity contribution in [3.8, 4) is 10.6 Å². The molecule has 1 heterocycles. The minimum absolute atomic E-state index is 0.703. The highest BCUT2D eigenvalue weighted by atomic mass is 35.5. The zero-order valence-electron chi connectivity index (χ0n) is 12.9. The van der Waals surface area contributed by atoms with E-state index in [1.807, 2.05) is 63.5 Å². The van der Waals surface area contributed by atoms with Crippen molar-refractivity contribution in [2.45, 2.75) is 20.8 Å². The minimum atomic E-state index is 0.703. The Balaban J connectivity index is 0.00000106. The summed E-state index contributed by atoms with van der Waals surface area (Å²) in [5.41, 5.74) is 3.12. The molecule has 0 bridgehead atoms. The van der Waals surface area contributed by atoms with Crippen LogP contribution in [0.25, 0.3) is 10.6 Å². The summed E-state index contributed by atoms with van der Waals surface area (Å²) < 4.78 is 0. The average molecular weight is 321 g/mol. The number of halogens is 1. The van der Waals surface area contributed by atoms with Crippen LogP contribution in [0.3, 0.4) is 0 Å². The van der Waals surface area contributed by atoms with Crippen molar-refractivity contribution in [2.24, 2.45) is 0 Å².